The number of nitrogens with two attached hydrogens (primary N) is 1. The summed E-state index contributed by atoms with van der Waals surface area (Å²) in [5.74, 6) is 1.87. The molecule has 0 radical (unpaired) electrons. The van der Waals surface area contributed by atoms with E-state index in [9.17, 15) is 14.4 Å². The van der Waals surface area contributed by atoms with Crippen LogP contribution < -0.4 is 15.8 Å². The third-order valence-electron chi connectivity index (χ3n) is 5.71. The van der Waals surface area contributed by atoms with Crippen molar-refractivity contribution in [1.29, 1.82) is 0 Å². The highest BCUT2D eigenvalue weighted by atomic mass is 16.5. The number of amides is 4. The molecule has 1 spiro atoms. The maximum Gasteiger partial charge on any atom is 0.325 e. The summed E-state index contributed by atoms with van der Waals surface area (Å²) >= 11 is 0. The normalized spacial score (nSPS) is 31.7. The molecule has 1 aromatic rings. The van der Waals surface area contributed by atoms with Crippen LogP contribution in [0.3, 0.4) is 0 Å². The second-order valence-corrected chi connectivity index (χ2v) is 7.55. The number of carbonyl (C=O) groups excluding carboxylic acids is 3. The smallest absolute Gasteiger partial charge is 0.325 e. The predicted molar refractivity (Wildman–Crippen MR) is 94.5 cm³/mol. The number of hydrogen-bond acceptors (Lipinski definition) is 5. The summed E-state index contributed by atoms with van der Waals surface area (Å²) in [6.07, 6.45) is 10.1. The van der Waals surface area contributed by atoms with Gasteiger partial charge in [0.05, 0.1) is 0 Å². The zero-order valence-corrected chi connectivity index (χ0v) is 14.7. The Morgan fingerprint density at radius 2 is 2.15 bits per heavy atom. The third-order valence-corrected chi connectivity index (χ3v) is 5.71. The summed E-state index contributed by atoms with van der Waals surface area (Å²) in [5, 5.41) is 2.64. The lowest BCUT2D eigenvalue weighted by Crippen LogP contribution is -2.60. The highest BCUT2D eigenvalue weighted by molar-refractivity contribution is 6.04. The monoisotopic (exact) mass is 368 g/mol. The Labute approximate surface area is 156 Å². The highest BCUT2D eigenvalue weighted by Crippen LogP contribution is 2.58. The Hall–Kier alpha value is -3.08. The van der Waals surface area contributed by atoms with Crippen LogP contribution in [-0.4, -0.2) is 45.9 Å². The number of nitrogens with zero attached hydrogens (tertiary/aromatic N) is 2. The van der Waals surface area contributed by atoms with Crippen LogP contribution >= 0.6 is 0 Å². The molecule has 3 aliphatic rings. The second kappa shape index (κ2) is 6.27. The maximum atomic E-state index is 12.3. The first-order chi connectivity index (χ1) is 12.9. The minimum Gasteiger partial charge on any atom is -0.474 e. The third kappa shape index (κ3) is 2.89. The van der Waals surface area contributed by atoms with Gasteiger partial charge in [-0.3, -0.25) is 14.5 Å². The van der Waals surface area contributed by atoms with Crippen LogP contribution in [0, 0.1) is 17.8 Å². The molecule has 2 heterocycles. The zero-order chi connectivity index (χ0) is 19.2. The fraction of sp³-hybridized carbons (Fsp3) is 0.474. The van der Waals surface area contributed by atoms with Crippen LogP contribution in [0.2, 0.25) is 0 Å². The first-order valence-electron chi connectivity index (χ1n) is 8.91. The Bertz CT molecular complexity index is 848. The first-order valence-corrected chi connectivity index (χ1v) is 8.91. The van der Waals surface area contributed by atoms with Crippen molar-refractivity contribution in [3.63, 3.8) is 0 Å². The quantitative estimate of drug-likeness (QED) is 0.590. The van der Waals surface area contributed by atoms with E-state index in [1.807, 2.05) is 0 Å². The number of primary amides is 1. The number of nitrogens with one attached hydrogen (secondary N) is 1. The molecule has 1 unspecified atom stereocenters. The number of pyridine rings is 1. The van der Waals surface area contributed by atoms with E-state index in [0.717, 1.165) is 25.7 Å². The van der Waals surface area contributed by atoms with Gasteiger partial charge in [-0.1, -0.05) is 0 Å². The van der Waals surface area contributed by atoms with E-state index < -0.39 is 11.9 Å². The predicted octanol–water partition coefficient (Wildman–Crippen LogP) is 0.814. The molecule has 1 aromatic heterocycles. The molecule has 1 aliphatic heterocycles. The molecule has 0 aromatic carbocycles. The Morgan fingerprint density at radius 1 is 1.41 bits per heavy atom. The largest absolute Gasteiger partial charge is 0.474 e. The van der Waals surface area contributed by atoms with Gasteiger partial charge in [0, 0.05) is 18.7 Å². The summed E-state index contributed by atoms with van der Waals surface area (Å²) in [4.78, 5) is 41.3. The summed E-state index contributed by atoms with van der Waals surface area (Å²) in [5.41, 5.74) is 5.69. The standard InChI is InChI=1S/C19H20N4O4/c1-2-4-14-17(25)23(18(26)22-14)11-7-19(8-11)9-12(10-19)27-16-13(15(20)24)5-3-6-21-16/h1,3,5-6,11-12,14H,4,7-10H2,(H2,20,24)(H,22,26)/t11-,12-,14?,19?. The van der Waals surface area contributed by atoms with E-state index in [4.69, 9.17) is 16.9 Å². The van der Waals surface area contributed by atoms with Gasteiger partial charge in [-0.2, -0.15) is 0 Å². The molecule has 2 saturated carbocycles. The van der Waals surface area contributed by atoms with Gasteiger partial charge in [0.25, 0.3) is 11.8 Å². The van der Waals surface area contributed by atoms with E-state index in [0.29, 0.717) is 0 Å². The van der Waals surface area contributed by atoms with Crippen LogP contribution in [0.5, 0.6) is 5.88 Å². The molecular formula is C19H20N4O4. The van der Waals surface area contributed by atoms with Gasteiger partial charge in [-0.25, -0.2) is 9.78 Å². The van der Waals surface area contributed by atoms with E-state index in [1.165, 1.54) is 4.90 Å². The lowest BCUT2D eigenvalue weighted by molar-refractivity contribution is -0.140. The minimum absolute atomic E-state index is 0.0451. The Balaban J connectivity index is 1.32. The van der Waals surface area contributed by atoms with Crippen molar-refractivity contribution in [3.05, 3.63) is 23.9 Å². The Morgan fingerprint density at radius 3 is 2.81 bits per heavy atom. The number of imide groups is 1. The average molecular weight is 368 g/mol. The van der Waals surface area contributed by atoms with E-state index in [-0.39, 0.29) is 47.4 Å². The molecule has 2 aliphatic carbocycles. The molecule has 4 rings (SSSR count). The van der Waals surface area contributed by atoms with Crippen LogP contribution in [0.1, 0.15) is 42.5 Å². The van der Waals surface area contributed by atoms with Crippen LogP contribution in [-0.2, 0) is 4.79 Å². The fourth-order valence-electron chi connectivity index (χ4n) is 4.43. The van der Waals surface area contributed by atoms with Gasteiger partial charge in [0.15, 0.2) is 0 Å². The fourth-order valence-corrected chi connectivity index (χ4v) is 4.43. The topological polar surface area (TPSA) is 115 Å². The molecule has 8 heteroatoms. The number of terminal acetylenes is 1. The van der Waals surface area contributed by atoms with Gasteiger partial charge in [0.1, 0.15) is 17.7 Å². The van der Waals surface area contributed by atoms with Crippen molar-refractivity contribution in [2.75, 3.05) is 0 Å². The number of aromatic nitrogens is 1. The number of ether oxygens (including phenoxy) is 1. The highest BCUT2D eigenvalue weighted by Gasteiger charge is 2.58. The van der Waals surface area contributed by atoms with E-state index >= 15 is 0 Å². The zero-order valence-electron chi connectivity index (χ0n) is 14.7. The van der Waals surface area contributed by atoms with Crippen LogP contribution in [0.15, 0.2) is 18.3 Å². The molecule has 3 N–H and O–H groups in total. The SMILES string of the molecule is C#CCC1NC(=O)N([C@H]2CC3(C[C@H](Oc4ncccc4C(N)=O)C3)C2)C1=O. The lowest BCUT2D eigenvalue weighted by atomic mass is 9.52. The molecule has 0 bridgehead atoms. The summed E-state index contributed by atoms with van der Waals surface area (Å²) in [6.45, 7) is 0. The van der Waals surface area contributed by atoms with E-state index in [1.54, 1.807) is 18.3 Å². The van der Waals surface area contributed by atoms with Gasteiger partial charge in [-0.15, -0.1) is 12.3 Å². The molecule has 4 amide bonds. The van der Waals surface area contributed by atoms with Crippen molar-refractivity contribution < 1.29 is 19.1 Å². The average Bonchev–Trinajstić information content (AvgIpc) is 2.83. The number of urea groups is 1. The van der Waals surface area contributed by atoms with Crippen molar-refractivity contribution >= 4 is 17.8 Å². The van der Waals surface area contributed by atoms with Crippen LogP contribution in [0.4, 0.5) is 4.79 Å². The molecule has 3 fully saturated rings. The van der Waals surface area contributed by atoms with Gasteiger partial charge >= 0.3 is 6.03 Å². The van der Waals surface area contributed by atoms with Gasteiger partial charge in [0.2, 0.25) is 5.88 Å². The molecule has 8 nitrogen and oxygen atoms in total. The van der Waals surface area contributed by atoms with Crippen molar-refractivity contribution in [2.24, 2.45) is 11.1 Å². The summed E-state index contributed by atoms with van der Waals surface area (Å²) in [6, 6.07) is 2.18. The molecular weight excluding hydrogens is 348 g/mol. The molecule has 27 heavy (non-hydrogen) atoms. The van der Waals surface area contributed by atoms with Crippen molar-refractivity contribution in [3.8, 4) is 18.2 Å². The second-order valence-electron chi connectivity index (χ2n) is 7.55. The number of carbonyl (C=O) groups is 3. The van der Waals surface area contributed by atoms with Gasteiger partial charge in [-0.05, 0) is 43.2 Å². The Kier molecular flexibility index (Phi) is 4.02. The molecule has 1 atom stereocenters. The van der Waals surface area contributed by atoms with Gasteiger partial charge < -0.3 is 15.8 Å². The van der Waals surface area contributed by atoms with Crippen LogP contribution in [0.25, 0.3) is 0 Å². The summed E-state index contributed by atoms with van der Waals surface area (Å²) in [7, 11) is 0. The molecule has 140 valence electrons. The summed E-state index contributed by atoms with van der Waals surface area (Å²) < 4.78 is 5.83. The van der Waals surface area contributed by atoms with E-state index in [2.05, 4.69) is 16.2 Å². The first kappa shape index (κ1) is 17.3. The lowest BCUT2D eigenvalue weighted by Gasteiger charge is -2.58. The van der Waals surface area contributed by atoms with Crippen molar-refractivity contribution in [1.82, 2.24) is 15.2 Å². The van der Waals surface area contributed by atoms with Crippen molar-refractivity contribution in [2.45, 2.75) is 50.3 Å². The number of hydrogen-bond donors (Lipinski definition) is 2. The number of rotatable bonds is 5. The minimum atomic E-state index is -0.604. The maximum absolute atomic E-state index is 12.3. The molecule has 1 saturated heterocycles.